The molecule has 0 saturated carbocycles. The highest BCUT2D eigenvalue weighted by atomic mass is 35.6. The Bertz CT molecular complexity index is 753. The van der Waals surface area contributed by atoms with E-state index < -0.39 is 15.9 Å². The fourth-order valence-electron chi connectivity index (χ4n) is 1.87. The van der Waals surface area contributed by atoms with Crippen molar-refractivity contribution in [1.82, 2.24) is 10.6 Å². The first-order chi connectivity index (χ1) is 11.8. The second-order valence-electron chi connectivity index (χ2n) is 4.89. The molecule has 0 unspecified atom stereocenters. The van der Waals surface area contributed by atoms with Crippen molar-refractivity contribution in [2.24, 2.45) is 0 Å². The average Bonchev–Trinajstić information content (AvgIpc) is 2.54. The Kier molecular flexibility index (Phi) is 7.16. The normalized spacial score (nSPS) is 12.2. The minimum absolute atomic E-state index is 0.182. The molecule has 0 heterocycles. The van der Waals surface area contributed by atoms with Crippen LogP contribution in [0, 0.1) is 0 Å². The highest BCUT2D eigenvalue weighted by Crippen LogP contribution is 2.29. The highest BCUT2D eigenvalue weighted by molar-refractivity contribution is 7.80. The van der Waals surface area contributed by atoms with Gasteiger partial charge in [0.1, 0.15) is 6.17 Å². The predicted molar refractivity (Wildman–Crippen MR) is 109 cm³/mol. The Morgan fingerprint density at radius 2 is 1.56 bits per heavy atom. The molecule has 0 aromatic heterocycles. The first-order valence-electron chi connectivity index (χ1n) is 7.02. The van der Waals surface area contributed by atoms with Gasteiger partial charge in [-0.15, -0.1) is 0 Å². The van der Waals surface area contributed by atoms with Crippen LogP contribution in [0.4, 0.5) is 5.69 Å². The Labute approximate surface area is 170 Å². The van der Waals surface area contributed by atoms with Crippen LogP contribution in [-0.4, -0.2) is 21.0 Å². The molecule has 2 aromatic carbocycles. The fraction of sp³-hybridized carbons (Fsp3) is 0.125. The van der Waals surface area contributed by atoms with Crippen LogP contribution < -0.4 is 16.0 Å². The van der Waals surface area contributed by atoms with Crippen LogP contribution in [0.5, 0.6) is 0 Å². The Balaban J connectivity index is 2.08. The number of carbonyl (C=O) groups is 1. The summed E-state index contributed by atoms with van der Waals surface area (Å²) in [7, 11) is 0. The summed E-state index contributed by atoms with van der Waals surface area (Å²) < 4.78 is -1.85. The molecule has 132 valence electrons. The molecule has 0 radical (unpaired) electrons. The van der Waals surface area contributed by atoms with Crippen molar-refractivity contribution in [2.75, 3.05) is 5.32 Å². The second-order valence-corrected chi connectivity index (χ2v) is 8.08. The molecule has 2 rings (SSSR count). The van der Waals surface area contributed by atoms with Gasteiger partial charge >= 0.3 is 0 Å². The maximum Gasteiger partial charge on any atom is 0.254 e. The highest BCUT2D eigenvalue weighted by Gasteiger charge is 2.35. The molecular weight excluding hydrogens is 424 g/mol. The van der Waals surface area contributed by atoms with E-state index in [-0.39, 0.29) is 15.7 Å². The van der Waals surface area contributed by atoms with E-state index in [1.54, 1.807) is 24.3 Å². The van der Waals surface area contributed by atoms with Gasteiger partial charge < -0.3 is 16.0 Å². The minimum atomic E-state index is -1.85. The molecule has 9 heteroatoms. The van der Waals surface area contributed by atoms with E-state index in [9.17, 15) is 4.79 Å². The number of rotatable bonds is 4. The van der Waals surface area contributed by atoms with E-state index >= 15 is 0 Å². The van der Waals surface area contributed by atoms with Gasteiger partial charge in [-0.25, -0.2) is 0 Å². The summed E-state index contributed by atoms with van der Waals surface area (Å²) in [5, 5.41) is 8.75. The first kappa shape index (κ1) is 20.1. The SMILES string of the molecule is O=C(N[C@H](NC(=S)Nc1ccccc1)C(Cl)(Cl)Cl)c1ccccc1Cl. The molecule has 4 nitrogen and oxygen atoms in total. The van der Waals surface area contributed by atoms with Crippen LogP contribution in [0.3, 0.4) is 0 Å². The van der Waals surface area contributed by atoms with E-state index in [2.05, 4.69) is 16.0 Å². The molecule has 1 amide bonds. The van der Waals surface area contributed by atoms with Gasteiger partial charge in [0.15, 0.2) is 5.11 Å². The molecule has 2 aromatic rings. The number of carbonyl (C=O) groups excluding carboxylic acids is 1. The van der Waals surface area contributed by atoms with Gasteiger partial charge in [0, 0.05) is 5.69 Å². The maximum absolute atomic E-state index is 12.4. The van der Waals surface area contributed by atoms with Crippen molar-refractivity contribution in [3.8, 4) is 0 Å². The zero-order chi connectivity index (χ0) is 18.4. The lowest BCUT2D eigenvalue weighted by molar-refractivity contribution is 0.0934. The van der Waals surface area contributed by atoms with E-state index in [0.29, 0.717) is 0 Å². The van der Waals surface area contributed by atoms with Crippen LogP contribution in [-0.2, 0) is 0 Å². The largest absolute Gasteiger partial charge is 0.339 e. The lowest BCUT2D eigenvalue weighted by atomic mass is 10.2. The van der Waals surface area contributed by atoms with Crippen LogP contribution >= 0.6 is 58.6 Å². The molecular formula is C16H13Cl4N3OS. The third-order valence-corrected chi connectivity index (χ3v) is 4.23. The van der Waals surface area contributed by atoms with E-state index in [0.717, 1.165) is 5.69 Å². The minimum Gasteiger partial charge on any atom is -0.339 e. The summed E-state index contributed by atoms with van der Waals surface area (Å²) in [4.78, 5) is 12.4. The third-order valence-electron chi connectivity index (χ3n) is 3.03. The van der Waals surface area contributed by atoms with Crippen LogP contribution in [0.2, 0.25) is 5.02 Å². The number of hydrogen-bond donors (Lipinski definition) is 3. The van der Waals surface area contributed by atoms with Gasteiger partial charge in [0.05, 0.1) is 10.6 Å². The Morgan fingerprint density at radius 1 is 0.960 bits per heavy atom. The van der Waals surface area contributed by atoms with Crippen LogP contribution in [0.15, 0.2) is 54.6 Å². The topological polar surface area (TPSA) is 53.2 Å². The molecule has 1 atom stereocenters. The van der Waals surface area contributed by atoms with Crippen molar-refractivity contribution in [2.45, 2.75) is 9.96 Å². The number of alkyl halides is 3. The second kappa shape index (κ2) is 8.92. The van der Waals surface area contributed by atoms with Gasteiger partial charge in [-0.2, -0.15) is 0 Å². The molecule has 0 aliphatic carbocycles. The number of anilines is 1. The zero-order valence-corrected chi connectivity index (χ0v) is 16.4. The quantitative estimate of drug-likeness (QED) is 0.367. The molecule has 25 heavy (non-hydrogen) atoms. The third kappa shape index (κ3) is 6.20. The molecule has 0 spiro atoms. The average molecular weight is 437 g/mol. The predicted octanol–water partition coefficient (Wildman–Crippen LogP) is 4.75. The molecule has 0 saturated heterocycles. The van der Waals surface area contributed by atoms with E-state index in [1.807, 2.05) is 30.3 Å². The van der Waals surface area contributed by atoms with Gasteiger partial charge in [-0.3, -0.25) is 4.79 Å². The van der Waals surface area contributed by atoms with Gasteiger partial charge in [0.25, 0.3) is 5.91 Å². The number of thiocarbonyl (C=S) groups is 1. The van der Waals surface area contributed by atoms with Crippen molar-refractivity contribution < 1.29 is 4.79 Å². The summed E-state index contributed by atoms with van der Waals surface area (Å²) in [6.07, 6.45) is -1.08. The smallest absolute Gasteiger partial charge is 0.254 e. The van der Waals surface area contributed by atoms with Crippen molar-refractivity contribution in [3.05, 3.63) is 65.2 Å². The van der Waals surface area contributed by atoms with Crippen LogP contribution in [0.1, 0.15) is 10.4 Å². The number of hydrogen-bond acceptors (Lipinski definition) is 2. The van der Waals surface area contributed by atoms with Gasteiger partial charge in [-0.05, 0) is 36.5 Å². The standard InChI is InChI=1S/C16H13Cl4N3OS/c17-12-9-5-4-8-11(12)13(24)22-14(16(18,19)20)23-15(25)21-10-6-2-1-3-7-10/h1-9,14H,(H,22,24)(H2,21,23,25)/t14-/m1/s1. The number of halogens is 4. The summed E-state index contributed by atoms with van der Waals surface area (Å²) >= 11 is 29.1. The van der Waals surface area contributed by atoms with E-state index in [1.165, 1.54) is 0 Å². The Morgan fingerprint density at radius 3 is 2.16 bits per heavy atom. The summed E-state index contributed by atoms with van der Waals surface area (Å²) in [5.74, 6) is -0.503. The van der Waals surface area contributed by atoms with Crippen LogP contribution in [0.25, 0.3) is 0 Å². The van der Waals surface area contributed by atoms with Crippen molar-refractivity contribution in [3.63, 3.8) is 0 Å². The molecule has 3 N–H and O–H groups in total. The van der Waals surface area contributed by atoms with E-state index in [4.69, 9.17) is 58.6 Å². The lowest BCUT2D eigenvalue weighted by Crippen LogP contribution is -2.56. The number of benzene rings is 2. The monoisotopic (exact) mass is 435 g/mol. The summed E-state index contributed by atoms with van der Waals surface area (Å²) in [6, 6.07) is 15.7. The number of para-hydroxylation sites is 1. The number of nitrogens with one attached hydrogen (secondary N) is 3. The number of amides is 1. The first-order valence-corrected chi connectivity index (χ1v) is 8.94. The Hall–Kier alpha value is -1.24. The van der Waals surface area contributed by atoms with Gasteiger partial charge in [-0.1, -0.05) is 76.7 Å². The molecule has 0 fully saturated rings. The summed E-state index contributed by atoms with van der Waals surface area (Å²) in [5.41, 5.74) is 1.01. The van der Waals surface area contributed by atoms with Gasteiger partial charge in [0.2, 0.25) is 3.79 Å². The maximum atomic E-state index is 12.4. The fourth-order valence-corrected chi connectivity index (χ4v) is 2.66. The van der Waals surface area contributed by atoms with Crippen molar-refractivity contribution >= 4 is 75.3 Å². The molecule has 0 bridgehead atoms. The lowest BCUT2D eigenvalue weighted by Gasteiger charge is -2.28. The van der Waals surface area contributed by atoms with Crippen molar-refractivity contribution in [1.29, 1.82) is 0 Å². The zero-order valence-electron chi connectivity index (χ0n) is 12.6. The summed E-state index contributed by atoms with van der Waals surface area (Å²) in [6.45, 7) is 0. The molecule has 0 aliphatic heterocycles. The molecule has 0 aliphatic rings.